The van der Waals surface area contributed by atoms with Crippen LogP contribution in [0.1, 0.15) is 38.5 Å². The van der Waals surface area contributed by atoms with Crippen molar-refractivity contribution < 1.29 is 27.4 Å². The van der Waals surface area contributed by atoms with Gasteiger partial charge in [0.1, 0.15) is 13.2 Å². The predicted octanol–water partition coefficient (Wildman–Crippen LogP) is 2.42. The van der Waals surface area contributed by atoms with Crippen LogP contribution < -0.4 is 5.32 Å². The van der Waals surface area contributed by atoms with Gasteiger partial charge in [-0.3, -0.25) is 4.79 Å². The Bertz CT molecular complexity index is 344. The van der Waals surface area contributed by atoms with Gasteiger partial charge in [-0.1, -0.05) is 0 Å². The van der Waals surface area contributed by atoms with E-state index in [1.165, 1.54) is 0 Å². The van der Waals surface area contributed by atoms with Gasteiger partial charge in [0.25, 0.3) is 0 Å². The van der Waals surface area contributed by atoms with Crippen molar-refractivity contribution in [1.82, 2.24) is 5.32 Å². The summed E-state index contributed by atoms with van der Waals surface area (Å²) >= 11 is 0. The Kier molecular flexibility index (Phi) is 5.48. The van der Waals surface area contributed by atoms with Crippen LogP contribution in [0.5, 0.6) is 0 Å². The van der Waals surface area contributed by atoms with Crippen molar-refractivity contribution >= 4 is 5.91 Å². The van der Waals surface area contributed by atoms with E-state index in [9.17, 15) is 18.0 Å². The molecule has 2 fully saturated rings. The highest BCUT2D eigenvalue weighted by molar-refractivity contribution is 5.77. The molecule has 1 saturated heterocycles. The van der Waals surface area contributed by atoms with Crippen molar-refractivity contribution in [2.75, 3.05) is 26.4 Å². The molecule has 1 aliphatic carbocycles. The highest BCUT2D eigenvalue weighted by Gasteiger charge is 2.37. The van der Waals surface area contributed by atoms with E-state index in [0.717, 1.165) is 51.7 Å². The predicted molar refractivity (Wildman–Crippen MR) is 69.8 cm³/mol. The molecule has 2 rings (SSSR count). The molecule has 0 aromatic heterocycles. The van der Waals surface area contributed by atoms with E-state index in [1.807, 2.05) is 0 Å². The Hall–Kier alpha value is -0.820. The number of carbonyl (C=O) groups excluding carboxylic acids is 1. The maximum atomic E-state index is 11.9. The van der Waals surface area contributed by atoms with Crippen molar-refractivity contribution in [3.63, 3.8) is 0 Å². The molecule has 122 valence electrons. The summed E-state index contributed by atoms with van der Waals surface area (Å²) in [4.78, 5) is 11.5. The smallest absolute Gasteiger partial charge is 0.381 e. The maximum absolute atomic E-state index is 11.9. The zero-order valence-corrected chi connectivity index (χ0v) is 12.0. The first-order valence-corrected chi connectivity index (χ1v) is 7.40. The summed E-state index contributed by atoms with van der Waals surface area (Å²) in [6, 6.07) is 0.0560. The van der Waals surface area contributed by atoms with Crippen LogP contribution in [0.2, 0.25) is 0 Å². The first-order chi connectivity index (χ1) is 9.89. The molecule has 21 heavy (non-hydrogen) atoms. The molecule has 0 radical (unpaired) electrons. The van der Waals surface area contributed by atoms with Crippen LogP contribution in [-0.4, -0.2) is 44.6 Å². The van der Waals surface area contributed by atoms with E-state index in [2.05, 4.69) is 10.1 Å². The molecule has 0 bridgehead atoms. The number of hydrogen-bond donors (Lipinski definition) is 1. The number of alkyl halides is 3. The van der Waals surface area contributed by atoms with Crippen molar-refractivity contribution in [3.05, 3.63) is 0 Å². The average Bonchev–Trinajstić information content (AvgIpc) is 2.41. The molecule has 1 amide bonds. The monoisotopic (exact) mass is 309 g/mol. The van der Waals surface area contributed by atoms with Crippen molar-refractivity contribution in [2.24, 2.45) is 5.41 Å². The number of ether oxygens (including phenoxy) is 2. The standard InChI is InChI=1S/C14H22F3NO3/c15-14(16,17)10-21-9-12(19)18-11-1-3-13(4-2-11)5-7-20-8-6-13/h11H,1-10H2,(H,18,19). The number of amides is 1. The van der Waals surface area contributed by atoms with Crippen LogP contribution >= 0.6 is 0 Å². The minimum absolute atomic E-state index is 0.0560. The summed E-state index contributed by atoms with van der Waals surface area (Å²) in [5.74, 6) is -0.466. The molecular weight excluding hydrogens is 287 g/mol. The average molecular weight is 309 g/mol. The first-order valence-electron chi connectivity index (χ1n) is 7.40. The summed E-state index contributed by atoms with van der Waals surface area (Å²) in [6.07, 6.45) is 1.61. The van der Waals surface area contributed by atoms with E-state index in [1.54, 1.807) is 0 Å². The van der Waals surface area contributed by atoms with E-state index in [-0.39, 0.29) is 6.04 Å². The van der Waals surface area contributed by atoms with E-state index >= 15 is 0 Å². The largest absolute Gasteiger partial charge is 0.411 e. The second-order valence-corrected chi connectivity index (χ2v) is 6.06. The Morgan fingerprint density at radius 2 is 1.81 bits per heavy atom. The van der Waals surface area contributed by atoms with Crippen LogP contribution in [0.3, 0.4) is 0 Å². The minimum Gasteiger partial charge on any atom is -0.381 e. The molecule has 0 unspecified atom stereocenters. The van der Waals surface area contributed by atoms with Crippen LogP contribution in [-0.2, 0) is 14.3 Å². The summed E-state index contributed by atoms with van der Waals surface area (Å²) in [7, 11) is 0. The molecule has 0 aromatic carbocycles. The van der Waals surface area contributed by atoms with Gasteiger partial charge in [-0.2, -0.15) is 13.2 Å². The number of carbonyl (C=O) groups is 1. The number of rotatable bonds is 4. The number of halogens is 3. The van der Waals surface area contributed by atoms with Crippen molar-refractivity contribution in [3.8, 4) is 0 Å². The van der Waals surface area contributed by atoms with Gasteiger partial charge >= 0.3 is 6.18 Å². The van der Waals surface area contributed by atoms with E-state index < -0.39 is 25.3 Å². The lowest BCUT2D eigenvalue weighted by atomic mass is 9.68. The topological polar surface area (TPSA) is 47.6 Å². The second-order valence-electron chi connectivity index (χ2n) is 6.06. The van der Waals surface area contributed by atoms with Gasteiger partial charge in [-0.05, 0) is 43.9 Å². The van der Waals surface area contributed by atoms with Crippen LogP contribution in [0.25, 0.3) is 0 Å². The van der Waals surface area contributed by atoms with Crippen LogP contribution in [0, 0.1) is 5.41 Å². The van der Waals surface area contributed by atoms with Gasteiger partial charge in [0.2, 0.25) is 5.91 Å². The molecule has 1 saturated carbocycles. The fraction of sp³-hybridized carbons (Fsp3) is 0.929. The maximum Gasteiger partial charge on any atom is 0.411 e. The van der Waals surface area contributed by atoms with Crippen LogP contribution in [0.15, 0.2) is 0 Å². The van der Waals surface area contributed by atoms with Gasteiger partial charge in [0.05, 0.1) is 0 Å². The van der Waals surface area contributed by atoms with Crippen molar-refractivity contribution in [1.29, 1.82) is 0 Å². The summed E-state index contributed by atoms with van der Waals surface area (Å²) in [5.41, 5.74) is 0.353. The fourth-order valence-electron chi connectivity index (χ4n) is 3.21. The Labute approximate surface area is 122 Å². The summed E-state index contributed by atoms with van der Waals surface area (Å²) < 4.78 is 45.4. The van der Waals surface area contributed by atoms with Crippen molar-refractivity contribution in [2.45, 2.75) is 50.7 Å². The Morgan fingerprint density at radius 1 is 1.19 bits per heavy atom. The highest BCUT2D eigenvalue weighted by atomic mass is 19.4. The third-order valence-corrected chi connectivity index (χ3v) is 4.46. The molecule has 7 heteroatoms. The quantitative estimate of drug-likeness (QED) is 0.867. The van der Waals surface area contributed by atoms with Gasteiger partial charge in [0, 0.05) is 19.3 Å². The third-order valence-electron chi connectivity index (χ3n) is 4.46. The molecule has 2 aliphatic rings. The Balaban J connectivity index is 1.65. The number of hydrogen-bond acceptors (Lipinski definition) is 3. The van der Waals surface area contributed by atoms with Gasteiger partial charge < -0.3 is 14.8 Å². The number of nitrogens with one attached hydrogen (secondary N) is 1. The lowest BCUT2D eigenvalue weighted by Crippen LogP contribution is -2.43. The van der Waals surface area contributed by atoms with Gasteiger partial charge in [0.15, 0.2) is 0 Å². The van der Waals surface area contributed by atoms with Crippen LogP contribution in [0.4, 0.5) is 13.2 Å². The highest BCUT2D eigenvalue weighted by Crippen LogP contribution is 2.44. The zero-order chi connectivity index (χ0) is 15.3. The second kappa shape index (κ2) is 6.96. The molecule has 1 spiro atoms. The normalized spacial score (nSPS) is 23.2. The van der Waals surface area contributed by atoms with Gasteiger partial charge in [-0.25, -0.2) is 0 Å². The minimum atomic E-state index is -4.39. The molecular formula is C14H22F3NO3. The fourth-order valence-corrected chi connectivity index (χ4v) is 3.21. The van der Waals surface area contributed by atoms with Gasteiger partial charge in [-0.15, -0.1) is 0 Å². The first kappa shape index (κ1) is 16.5. The third kappa shape index (κ3) is 5.47. The molecule has 1 heterocycles. The molecule has 1 aliphatic heterocycles. The Morgan fingerprint density at radius 3 is 2.38 bits per heavy atom. The molecule has 0 atom stereocenters. The lowest BCUT2D eigenvalue weighted by molar-refractivity contribution is -0.175. The molecule has 0 aromatic rings. The summed E-state index contributed by atoms with van der Waals surface area (Å²) in [5, 5.41) is 2.76. The summed E-state index contributed by atoms with van der Waals surface area (Å²) in [6.45, 7) is -0.298. The molecule has 4 nitrogen and oxygen atoms in total. The van der Waals surface area contributed by atoms with E-state index in [0.29, 0.717) is 5.41 Å². The molecule has 1 N–H and O–H groups in total. The SMILES string of the molecule is O=C(COCC(F)(F)F)NC1CCC2(CCOCC2)CC1. The zero-order valence-electron chi connectivity index (χ0n) is 12.0. The van der Waals surface area contributed by atoms with E-state index in [4.69, 9.17) is 4.74 Å². The lowest BCUT2D eigenvalue weighted by Gasteiger charge is -2.42.